The number of aromatic nitrogens is 1. The summed E-state index contributed by atoms with van der Waals surface area (Å²) in [5, 5.41) is 5.90. The van der Waals surface area contributed by atoms with Crippen LogP contribution >= 0.6 is 11.3 Å². The van der Waals surface area contributed by atoms with E-state index in [1.54, 1.807) is 25.3 Å². The number of methoxy groups -OCH3 is 1. The number of para-hydroxylation sites is 1. The van der Waals surface area contributed by atoms with Gasteiger partial charge in [0, 0.05) is 31.1 Å². The standard InChI is InChI=1S/C14H16F2N2O2S/c1-19-7-6-17-8-13-18-11(9-21-13)10-4-2-3-5-12(10)20-14(15)16/h2-5,9,14,17H,6-8H2,1H3. The second-order valence-corrected chi connectivity index (χ2v) is 5.11. The first-order chi connectivity index (χ1) is 10.2. The van der Waals surface area contributed by atoms with Crippen molar-refractivity contribution in [1.29, 1.82) is 0 Å². The molecule has 1 aromatic carbocycles. The van der Waals surface area contributed by atoms with Crippen molar-refractivity contribution in [2.75, 3.05) is 20.3 Å². The number of nitrogens with zero attached hydrogens (tertiary/aromatic N) is 1. The molecule has 0 amide bonds. The van der Waals surface area contributed by atoms with Gasteiger partial charge in [-0.15, -0.1) is 11.3 Å². The van der Waals surface area contributed by atoms with Crippen molar-refractivity contribution in [2.45, 2.75) is 13.2 Å². The number of alkyl halides is 2. The lowest BCUT2D eigenvalue weighted by molar-refractivity contribution is -0.0494. The highest BCUT2D eigenvalue weighted by Gasteiger charge is 2.13. The van der Waals surface area contributed by atoms with Crippen LogP contribution in [-0.4, -0.2) is 31.9 Å². The Morgan fingerprint density at radius 2 is 2.14 bits per heavy atom. The third kappa shape index (κ3) is 4.73. The van der Waals surface area contributed by atoms with Crippen LogP contribution in [0.2, 0.25) is 0 Å². The van der Waals surface area contributed by atoms with Gasteiger partial charge in [0.1, 0.15) is 10.8 Å². The van der Waals surface area contributed by atoms with Crippen LogP contribution in [0.5, 0.6) is 5.75 Å². The van der Waals surface area contributed by atoms with E-state index < -0.39 is 6.61 Å². The van der Waals surface area contributed by atoms with E-state index in [2.05, 4.69) is 15.0 Å². The molecule has 0 saturated heterocycles. The van der Waals surface area contributed by atoms with Gasteiger partial charge in [-0.3, -0.25) is 0 Å². The van der Waals surface area contributed by atoms with E-state index >= 15 is 0 Å². The Hall–Kier alpha value is -1.57. The molecule has 0 saturated carbocycles. The van der Waals surface area contributed by atoms with Gasteiger partial charge in [0.25, 0.3) is 0 Å². The molecule has 114 valence electrons. The van der Waals surface area contributed by atoms with Gasteiger partial charge in [-0.05, 0) is 12.1 Å². The molecule has 0 aliphatic carbocycles. The number of benzene rings is 1. The van der Waals surface area contributed by atoms with E-state index in [-0.39, 0.29) is 5.75 Å². The van der Waals surface area contributed by atoms with E-state index in [0.717, 1.165) is 11.6 Å². The highest BCUT2D eigenvalue weighted by Crippen LogP contribution is 2.31. The summed E-state index contributed by atoms with van der Waals surface area (Å²) in [5.41, 5.74) is 1.21. The van der Waals surface area contributed by atoms with Crippen molar-refractivity contribution in [3.05, 3.63) is 34.7 Å². The van der Waals surface area contributed by atoms with Crippen LogP contribution in [-0.2, 0) is 11.3 Å². The number of hydrogen-bond donors (Lipinski definition) is 1. The van der Waals surface area contributed by atoms with Crippen molar-refractivity contribution in [3.63, 3.8) is 0 Å². The topological polar surface area (TPSA) is 43.4 Å². The summed E-state index contributed by atoms with van der Waals surface area (Å²) < 4.78 is 34.3. The zero-order valence-corrected chi connectivity index (χ0v) is 12.3. The van der Waals surface area contributed by atoms with Crippen LogP contribution in [0.4, 0.5) is 8.78 Å². The molecule has 7 heteroatoms. The number of thiazole rings is 1. The fourth-order valence-electron chi connectivity index (χ4n) is 1.76. The molecule has 0 fully saturated rings. The fourth-order valence-corrected chi connectivity index (χ4v) is 2.53. The largest absolute Gasteiger partial charge is 0.434 e. The van der Waals surface area contributed by atoms with Gasteiger partial charge < -0.3 is 14.8 Å². The second kappa shape index (κ2) is 8.02. The van der Waals surface area contributed by atoms with Gasteiger partial charge in [-0.2, -0.15) is 8.78 Å². The lowest BCUT2D eigenvalue weighted by Crippen LogP contribution is -2.18. The van der Waals surface area contributed by atoms with Gasteiger partial charge in [0.2, 0.25) is 0 Å². The minimum absolute atomic E-state index is 0.136. The van der Waals surface area contributed by atoms with Crippen LogP contribution in [0.15, 0.2) is 29.6 Å². The summed E-state index contributed by atoms with van der Waals surface area (Å²) in [6.45, 7) is -0.869. The first kappa shape index (κ1) is 15.8. The summed E-state index contributed by atoms with van der Waals surface area (Å²) >= 11 is 1.47. The van der Waals surface area contributed by atoms with E-state index in [9.17, 15) is 8.78 Å². The van der Waals surface area contributed by atoms with Crippen LogP contribution < -0.4 is 10.1 Å². The summed E-state index contributed by atoms with van der Waals surface area (Å²) in [6.07, 6.45) is 0. The molecule has 4 nitrogen and oxygen atoms in total. The molecule has 1 N–H and O–H groups in total. The van der Waals surface area contributed by atoms with E-state index in [0.29, 0.717) is 24.4 Å². The molecule has 2 aromatic rings. The Labute approximate surface area is 125 Å². The Kier molecular flexibility index (Phi) is 6.04. The van der Waals surface area contributed by atoms with Gasteiger partial charge in [-0.1, -0.05) is 12.1 Å². The Morgan fingerprint density at radius 3 is 2.90 bits per heavy atom. The molecule has 0 aliphatic heterocycles. The fraction of sp³-hybridized carbons (Fsp3) is 0.357. The monoisotopic (exact) mass is 314 g/mol. The van der Waals surface area contributed by atoms with Crippen molar-refractivity contribution < 1.29 is 18.3 Å². The van der Waals surface area contributed by atoms with Crippen molar-refractivity contribution in [1.82, 2.24) is 10.3 Å². The van der Waals surface area contributed by atoms with Gasteiger partial charge in [0.05, 0.1) is 12.3 Å². The van der Waals surface area contributed by atoms with Gasteiger partial charge >= 0.3 is 6.61 Å². The summed E-state index contributed by atoms with van der Waals surface area (Å²) in [5.74, 6) is 0.136. The average molecular weight is 314 g/mol. The quantitative estimate of drug-likeness (QED) is 0.760. The number of hydrogen-bond acceptors (Lipinski definition) is 5. The Bertz CT molecular complexity index is 563. The maximum absolute atomic E-state index is 12.4. The minimum atomic E-state index is -2.85. The third-order valence-electron chi connectivity index (χ3n) is 2.69. The molecule has 0 spiro atoms. The molecule has 21 heavy (non-hydrogen) atoms. The maximum Gasteiger partial charge on any atom is 0.387 e. The Balaban J connectivity index is 2.07. The van der Waals surface area contributed by atoms with Crippen LogP contribution in [0.3, 0.4) is 0 Å². The van der Waals surface area contributed by atoms with E-state index in [1.165, 1.54) is 17.4 Å². The zero-order chi connectivity index (χ0) is 15.1. The first-order valence-electron chi connectivity index (χ1n) is 6.39. The van der Waals surface area contributed by atoms with Crippen LogP contribution in [0, 0.1) is 0 Å². The van der Waals surface area contributed by atoms with Crippen molar-refractivity contribution in [2.24, 2.45) is 0 Å². The highest BCUT2D eigenvalue weighted by atomic mass is 32.1. The van der Waals surface area contributed by atoms with E-state index in [1.807, 2.05) is 5.38 Å². The molecule has 0 aliphatic rings. The Morgan fingerprint density at radius 1 is 1.33 bits per heavy atom. The maximum atomic E-state index is 12.4. The molecule has 0 atom stereocenters. The van der Waals surface area contributed by atoms with E-state index in [4.69, 9.17) is 4.74 Å². The third-order valence-corrected chi connectivity index (χ3v) is 3.54. The number of ether oxygens (including phenoxy) is 2. The van der Waals surface area contributed by atoms with Gasteiger partial charge in [-0.25, -0.2) is 4.98 Å². The molecule has 0 radical (unpaired) electrons. The molecule has 2 rings (SSSR count). The number of nitrogens with one attached hydrogen (secondary N) is 1. The molecule has 1 heterocycles. The molecule has 0 bridgehead atoms. The smallest absolute Gasteiger partial charge is 0.387 e. The van der Waals surface area contributed by atoms with Gasteiger partial charge in [0.15, 0.2) is 0 Å². The lowest BCUT2D eigenvalue weighted by Gasteiger charge is -2.08. The highest BCUT2D eigenvalue weighted by molar-refractivity contribution is 7.09. The number of rotatable bonds is 8. The average Bonchev–Trinajstić information content (AvgIpc) is 2.92. The predicted octanol–water partition coefficient (Wildman–Crippen LogP) is 3.15. The summed E-state index contributed by atoms with van der Waals surface area (Å²) in [4.78, 5) is 4.44. The molecule has 1 aromatic heterocycles. The SMILES string of the molecule is COCCNCc1nc(-c2ccccc2OC(F)F)cs1. The molecular weight excluding hydrogens is 298 g/mol. The molecular formula is C14H16F2N2O2S. The van der Waals surface area contributed by atoms with Crippen molar-refractivity contribution in [3.8, 4) is 17.0 Å². The van der Waals surface area contributed by atoms with Crippen LogP contribution in [0.1, 0.15) is 5.01 Å². The number of halogens is 2. The van der Waals surface area contributed by atoms with Crippen LogP contribution in [0.25, 0.3) is 11.3 Å². The second-order valence-electron chi connectivity index (χ2n) is 4.17. The zero-order valence-electron chi connectivity index (χ0n) is 11.5. The summed E-state index contributed by atoms with van der Waals surface area (Å²) in [6, 6.07) is 6.65. The first-order valence-corrected chi connectivity index (χ1v) is 7.27. The van der Waals surface area contributed by atoms with Crippen molar-refractivity contribution >= 4 is 11.3 Å². The summed E-state index contributed by atoms with van der Waals surface area (Å²) in [7, 11) is 1.64. The minimum Gasteiger partial charge on any atom is -0.434 e. The normalized spacial score (nSPS) is 11.0. The lowest BCUT2D eigenvalue weighted by atomic mass is 10.1. The predicted molar refractivity (Wildman–Crippen MR) is 77.8 cm³/mol. The molecule has 0 unspecified atom stereocenters.